The van der Waals surface area contributed by atoms with Crippen molar-refractivity contribution < 1.29 is 14.3 Å². The third-order valence-corrected chi connectivity index (χ3v) is 3.31. The maximum atomic E-state index is 12.3. The number of aromatic carboxylic acids is 1. The van der Waals surface area contributed by atoms with Gasteiger partial charge in [0, 0.05) is 0 Å². The van der Waals surface area contributed by atoms with Gasteiger partial charge in [-0.25, -0.2) is 4.79 Å². The molecular formula is C14H7ClO4. The molecule has 3 aromatic rings. The van der Waals surface area contributed by atoms with Crippen LogP contribution in [0.1, 0.15) is 10.4 Å². The lowest BCUT2D eigenvalue weighted by molar-refractivity contribution is 0.0697. The Bertz CT molecular complexity index is 880. The van der Waals surface area contributed by atoms with E-state index < -0.39 is 5.97 Å². The van der Waals surface area contributed by atoms with Gasteiger partial charge in [-0.05, 0) is 24.3 Å². The highest BCUT2D eigenvalue weighted by Gasteiger charge is 2.16. The normalized spacial score (nSPS) is 11.0. The number of carbonyl (C=O) groups is 1. The molecule has 0 amide bonds. The summed E-state index contributed by atoms with van der Waals surface area (Å²) in [5.41, 5.74) is 0.277. The minimum absolute atomic E-state index is 0.0931. The fraction of sp³-hybridized carbons (Fsp3) is 0. The van der Waals surface area contributed by atoms with Gasteiger partial charge in [0.05, 0.1) is 21.4 Å². The molecule has 0 bridgehead atoms. The third kappa shape index (κ3) is 1.69. The molecule has 0 unspecified atom stereocenters. The second kappa shape index (κ2) is 4.10. The van der Waals surface area contributed by atoms with Gasteiger partial charge in [0.1, 0.15) is 11.2 Å². The monoisotopic (exact) mass is 274 g/mol. The summed E-state index contributed by atoms with van der Waals surface area (Å²) in [5.74, 6) is -1.18. The van der Waals surface area contributed by atoms with Gasteiger partial charge >= 0.3 is 5.97 Å². The topological polar surface area (TPSA) is 67.5 Å². The summed E-state index contributed by atoms with van der Waals surface area (Å²) in [6.45, 7) is 0. The Hall–Kier alpha value is -2.33. The van der Waals surface area contributed by atoms with Crippen LogP contribution in [0.2, 0.25) is 5.02 Å². The van der Waals surface area contributed by atoms with Crippen LogP contribution in [0.4, 0.5) is 0 Å². The average molecular weight is 275 g/mol. The number of carboxylic acids is 1. The molecule has 4 nitrogen and oxygen atoms in total. The van der Waals surface area contributed by atoms with Crippen molar-refractivity contribution in [2.45, 2.75) is 0 Å². The molecule has 0 aliphatic rings. The van der Waals surface area contributed by atoms with Crippen molar-refractivity contribution in [3.05, 3.63) is 57.2 Å². The maximum Gasteiger partial charge on any atom is 0.337 e. The van der Waals surface area contributed by atoms with Crippen LogP contribution in [-0.2, 0) is 0 Å². The molecule has 1 N–H and O–H groups in total. The summed E-state index contributed by atoms with van der Waals surface area (Å²) >= 11 is 6.00. The fourth-order valence-corrected chi connectivity index (χ4v) is 2.34. The van der Waals surface area contributed by atoms with E-state index in [1.807, 2.05) is 0 Å². The Labute approximate surface area is 111 Å². The van der Waals surface area contributed by atoms with E-state index in [2.05, 4.69) is 0 Å². The Kier molecular flexibility index (Phi) is 2.54. The molecule has 3 rings (SSSR count). The van der Waals surface area contributed by atoms with Crippen molar-refractivity contribution in [3.63, 3.8) is 0 Å². The molecule has 0 saturated heterocycles. The molecule has 1 aromatic heterocycles. The summed E-state index contributed by atoms with van der Waals surface area (Å²) in [6, 6.07) is 9.52. The predicted octanol–water partition coefficient (Wildman–Crippen LogP) is 3.30. The molecule has 0 fully saturated rings. The van der Waals surface area contributed by atoms with Gasteiger partial charge in [-0.2, -0.15) is 0 Å². The summed E-state index contributed by atoms with van der Waals surface area (Å²) in [4.78, 5) is 23.4. The fourth-order valence-electron chi connectivity index (χ4n) is 2.02. The lowest BCUT2D eigenvalue weighted by atomic mass is 10.1. The Morgan fingerprint density at radius 1 is 1.11 bits per heavy atom. The van der Waals surface area contributed by atoms with Gasteiger partial charge < -0.3 is 9.52 Å². The number of para-hydroxylation sites is 1. The van der Waals surface area contributed by atoms with Crippen LogP contribution in [0.3, 0.4) is 0 Å². The van der Waals surface area contributed by atoms with Gasteiger partial charge in [-0.1, -0.05) is 23.7 Å². The molecular weight excluding hydrogens is 268 g/mol. The van der Waals surface area contributed by atoms with Crippen LogP contribution >= 0.6 is 11.6 Å². The largest absolute Gasteiger partial charge is 0.478 e. The van der Waals surface area contributed by atoms with Gasteiger partial charge in [-0.3, -0.25) is 4.79 Å². The molecule has 0 saturated carbocycles. The molecule has 94 valence electrons. The van der Waals surface area contributed by atoms with E-state index in [1.54, 1.807) is 24.3 Å². The molecule has 0 aliphatic heterocycles. The van der Waals surface area contributed by atoms with Crippen molar-refractivity contribution in [1.82, 2.24) is 0 Å². The van der Waals surface area contributed by atoms with E-state index in [-0.39, 0.29) is 27.0 Å². The van der Waals surface area contributed by atoms with E-state index in [0.717, 1.165) is 0 Å². The van der Waals surface area contributed by atoms with E-state index >= 15 is 0 Å². The number of hydrogen-bond donors (Lipinski definition) is 1. The van der Waals surface area contributed by atoms with Crippen molar-refractivity contribution in [1.29, 1.82) is 0 Å². The molecule has 2 aromatic carbocycles. The number of carboxylic acid groups (broad SMARTS) is 1. The van der Waals surface area contributed by atoms with Crippen molar-refractivity contribution >= 4 is 39.5 Å². The third-order valence-electron chi connectivity index (χ3n) is 2.91. The first-order valence-corrected chi connectivity index (χ1v) is 5.85. The number of fused-ring (bicyclic) bond motifs is 2. The minimum atomic E-state index is -1.18. The quantitative estimate of drug-likeness (QED) is 0.691. The zero-order valence-electron chi connectivity index (χ0n) is 9.51. The van der Waals surface area contributed by atoms with Crippen LogP contribution in [0.25, 0.3) is 21.9 Å². The summed E-state index contributed by atoms with van der Waals surface area (Å²) in [5, 5.41) is 9.39. The molecule has 19 heavy (non-hydrogen) atoms. The Balaban J connectivity index is 2.57. The first-order valence-electron chi connectivity index (χ1n) is 5.47. The standard InChI is InChI=1S/C14H7ClO4/c15-12-8(14(17)18)5-6-10-11(12)13(16)7-3-1-2-4-9(7)19-10/h1-6H,(H,17,18). The van der Waals surface area contributed by atoms with E-state index in [9.17, 15) is 9.59 Å². The van der Waals surface area contributed by atoms with Crippen molar-refractivity contribution in [2.75, 3.05) is 0 Å². The first kappa shape index (κ1) is 11.7. The van der Waals surface area contributed by atoms with Gasteiger partial charge in [0.25, 0.3) is 0 Å². The van der Waals surface area contributed by atoms with Crippen molar-refractivity contribution in [2.24, 2.45) is 0 Å². The summed E-state index contributed by atoms with van der Waals surface area (Å²) in [7, 11) is 0. The summed E-state index contributed by atoms with van der Waals surface area (Å²) in [6.07, 6.45) is 0. The smallest absolute Gasteiger partial charge is 0.337 e. The number of halogens is 1. The van der Waals surface area contributed by atoms with Gasteiger partial charge in [0.15, 0.2) is 0 Å². The van der Waals surface area contributed by atoms with Crippen LogP contribution < -0.4 is 5.43 Å². The zero-order valence-corrected chi connectivity index (χ0v) is 10.3. The maximum absolute atomic E-state index is 12.3. The second-order valence-corrected chi connectivity index (χ2v) is 4.41. The lowest BCUT2D eigenvalue weighted by Gasteiger charge is -2.04. The second-order valence-electron chi connectivity index (χ2n) is 4.03. The summed E-state index contributed by atoms with van der Waals surface area (Å²) < 4.78 is 5.57. The van der Waals surface area contributed by atoms with Crippen molar-refractivity contribution in [3.8, 4) is 0 Å². The highest BCUT2D eigenvalue weighted by Crippen LogP contribution is 2.27. The number of hydrogen-bond acceptors (Lipinski definition) is 3. The Morgan fingerprint density at radius 3 is 2.58 bits per heavy atom. The van der Waals surface area contributed by atoms with E-state index in [1.165, 1.54) is 12.1 Å². The Morgan fingerprint density at radius 2 is 1.84 bits per heavy atom. The van der Waals surface area contributed by atoms with Crippen LogP contribution in [0.5, 0.6) is 0 Å². The SMILES string of the molecule is O=C(O)c1ccc2oc3ccccc3c(=O)c2c1Cl. The lowest BCUT2D eigenvalue weighted by Crippen LogP contribution is -2.06. The molecule has 0 spiro atoms. The van der Waals surface area contributed by atoms with Crippen LogP contribution in [-0.4, -0.2) is 11.1 Å². The van der Waals surface area contributed by atoms with Crippen LogP contribution in [0.15, 0.2) is 45.6 Å². The average Bonchev–Trinajstić information content (AvgIpc) is 2.38. The predicted molar refractivity (Wildman–Crippen MR) is 72.0 cm³/mol. The zero-order chi connectivity index (χ0) is 13.6. The number of rotatable bonds is 1. The molecule has 0 aliphatic carbocycles. The number of benzene rings is 2. The minimum Gasteiger partial charge on any atom is -0.478 e. The molecule has 0 radical (unpaired) electrons. The molecule has 1 heterocycles. The van der Waals surface area contributed by atoms with Gasteiger partial charge in [-0.15, -0.1) is 0 Å². The highest BCUT2D eigenvalue weighted by molar-refractivity contribution is 6.38. The van der Waals surface area contributed by atoms with Crippen LogP contribution in [0, 0.1) is 0 Å². The van der Waals surface area contributed by atoms with Gasteiger partial charge in [0.2, 0.25) is 5.43 Å². The first-order chi connectivity index (χ1) is 9.09. The van der Waals surface area contributed by atoms with E-state index in [0.29, 0.717) is 11.0 Å². The molecule has 0 atom stereocenters. The van der Waals surface area contributed by atoms with E-state index in [4.69, 9.17) is 21.1 Å². The molecule has 5 heteroatoms. The highest BCUT2D eigenvalue weighted by atomic mass is 35.5.